The lowest BCUT2D eigenvalue weighted by atomic mass is 9.52. The molecule has 5 heteroatoms. The number of hydrogen-bond donors (Lipinski definition) is 1. The summed E-state index contributed by atoms with van der Waals surface area (Å²) in [5.74, 6) is 4.19. The van der Waals surface area contributed by atoms with Crippen molar-refractivity contribution in [3.8, 4) is 0 Å². The molecule has 104 valence electrons. The van der Waals surface area contributed by atoms with Gasteiger partial charge in [-0.3, -0.25) is 0 Å². The molecule has 4 fully saturated rings. The highest BCUT2D eigenvalue weighted by Gasteiger charge is 2.48. The lowest BCUT2D eigenvalue weighted by Gasteiger charge is -2.54. The van der Waals surface area contributed by atoms with E-state index in [2.05, 4.69) is 5.10 Å². The van der Waals surface area contributed by atoms with E-state index in [1.165, 1.54) is 36.8 Å². The number of aromatic nitrogens is 2. The molecule has 0 radical (unpaired) electrons. The van der Waals surface area contributed by atoms with Gasteiger partial charge < -0.3 is 10.2 Å². The van der Waals surface area contributed by atoms with E-state index in [0.717, 1.165) is 30.2 Å². The van der Waals surface area contributed by atoms with Crippen LogP contribution in [0.5, 0.6) is 0 Å². The predicted molar refractivity (Wildman–Crippen MR) is 69.2 cm³/mol. The van der Waals surface area contributed by atoms with Gasteiger partial charge in [0, 0.05) is 0 Å². The molecule has 5 nitrogen and oxygen atoms in total. The third kappa shape index (κ3) is 1.86. The number of nitrogens with zero attached hydrogens (tertiary/aromatic N) is 2. The molecule has 1 heterocycles. The van der Waals surface area contributed by atoms with Gasteiger partial charge in [-0.25, -0.2) is 4.79 Å². The Morgan fingerprint density at radius 2 is 1.79 bits per heavy atom. The Labute approximate surface area is 112 Å². The van der Waals surface area contributed by atoms with Crippen molar-refractivity contribution in [2.24, 2.45) is 35.3 Å². The summed E-state index contributed by atoms with van der Waals surface area (Å²) in [5, 5.41) is 4.19. The first-order valence-electron chi connectivity index (χ1n) is 7.50. The highest BCUT2D eigenvalue weighted by molar-refractivity contribution is 4.97. The molecule has 1 aromatic rings. The van der Waals surface area contributed by atoms with Crippen LogP contribution in [0.3, 0.4) is 0 Å². The molecule has 0 saturated heterocycles. The largest absolute Gasteiger partial charge is 0.437 e. The molecule has 4 aliphatic rings. The van der Waals surface area contributed by atoms with Gasteiger partial charge in [-0.15, -0.1) is 5.10 Å². The molecule has 0 unspecified atom stereocenters. The first-order valence-corrected chi connectivity index (χ1v) is 7.50. The van der Waals surface area contributed by atoms with Crippen molar-refractivity contribution < 1.29 is 4.42 Å². The predicted octanol–water partition coefficient (Wildman–Crippen LogP) is 1.37. The van der Waals surface area contributed by atoms with Gasteiger partial charge in [-0.1, -0.05) is 0 Å². The Balaban J connectivity index is 1.56. The first kappa shape index (κ1) is 11.7. The van der Waals surface area contributed by atoms with Crippen LogP contribution in [0.15, 0.2) is 9.21 Å². The van der Waals surface area contributed by atoms with E-state index >= 15 is 0 Å². The topological polar surface area (TPSA) is 74.0 Å². The van der Waals surface area contributed by atoms with Crippen molar-refractivity contribution in [2.75, 3.05) is 0 Å². The zero-order valence-electron chi connectivity index (χ0n) is 11.1. The van der Waals surface area contributed by atoms with Gasteiger partial charge in [-0.2, -0.15) is 4.68 Å². The molecule has 2 N–H and O–H groups in total. The minimum absolute atomic E-state index is 0.198. The normalized spacial score (nSPS) is 39.9. The summed E-state index contributed by atoms with van der Waals surface area (Å²) in [7, 11) is 0. The second-order valence-electron chi connectivity index (χ2n) is 6.74. The molecular weight excluding hydrogens is 242 g/mol. The van der Waals surface area contributed by atoms with Gasteiger partial charge in [0.25, 0.3) is 0 Å². The highest BCUT2D eigenvalue weighted by Crippen LogP contribution is 2.56. The highest BCUT2D eigenvalue weighted by atomic mass is 16.4. The lowest BCUT2D eigenvalue weighted by Crippen LogP contribution is -2.47. The Kier molecular flexibility index (Phi) is 2.59. The minimum atomic E-state index is -0.339. The van der Waals surface area contributed by atoms with Crippen LogP contribution in [0.1, 0.15) is 38.0 Å². The monoisotopic (exact) mass is 263 g/mol. The fourth-order valence-corrected chi connectivity index (χ4v) is 5.08. The second kappa shape index (κ2) is 4.20. The Morgan fingerprint density at radius 1 is 1.16 bits per heavy atom. The van der Waals surface area contributed by atoms with Crippen molar-refractivity contribution in [3.05, 3.63) is 16.4 Å². The molecule has 4 bridgehead atoms. The van der Waals surface area contributed by atoms with E-state index in [0.29, 0.717) is 11.8 Å². The fourth-order valence-electron chi connectivity index (χ4n) is 5.08. The van der Waals surface area contributed by atoms with E-state index in [9.17, 15) is 4.79 Å². The summed E-state index contributed by atoms with van der Waals surface area (Å²) >= 11 is 0. The number of rotatable bonds is 3. The Bertz CT molecular complexity index is 505. The SMILES string of the molecule is NCc1nn(CC2C3CC4CC(C3)CC2C4)c(=O)o1. The average molecular weight is 263 g/mol. The second-order valence-corrected chi connectivity index (χ2v) is 6.74. The van der Waals surface area contributed by atoms with Gasteiger partial charge in [-0.05, 0) is 61.7 Å². The van der Waals surface area contributed by atoms with E-state index in [4.69, 9.17) is 10.2 Å². The zero-order chi connectivity index (χ0) is 13.0. The Hall–Kier alpha value is -1.10. The summed E-state index contributed by atoms with van der Waals surface area (Å²) in [6, 6.07) is 0. The molecule has 0 aliphatic heterocycles. The smallest absolute Gasteiger partial charge is 0.391 e. The molecule has 4 aliphatic carbocycles. The van der Waals surface area contributed by atoms with E-state index < -0.39 is 0 Å². The van der Waals surface area contributed by atoms with Crippen LogP contribution in [0.25, 0.3) is 0 Å². The quantitative estimate of drug-likeness (QED) is 0.893. The Morgan fingerprint density at radius 3 is 2.32 bits per heavy atom. The van der Waals surface area contributed by atoms with Crippen LogP contribution in [-0.2, 0) is 13.1 Å². The van der Waals surface area contributed by atoms with Crippen LogP contribution in [0.2, 0.25) is 0 Å². The third-order valence-electron chi connectivity index (χ3n) is 5.63. The van der Waals surface area contributed by atoms with Gasteiger partial charge in [0.15, 0.2) is 0 Å². The summed E-state index contributed by atoms with van der Waals surface area (Å²) in [5.41, 5.74) is 5.47. The van der Waals surface area contributed by atoms with E-state index in [-0.39, 0.29) is 12.3 Å². The van der Waals surface area contributed by atoms with Crippen molar-refractivity contribution in [1.29, 1.82) is 0 Å². The van der Waals surface area contributed by atoms with Crippen molar-refractivity contribution in [1.82, 2.24) is 9.78 Å². The van der Waals surface area contributed by atoms with E-state index in [1.807, 2.05) is 0 Å². The third-order valence-corrected chi connectivity index (χ3v) is 5.63. The maximum atomic E-state index is 11.7. The van der Waals surface area contributed by atoms with Crippen LogP contribution >= 0.6 is 0 Å². The molecule has 0 aromatic carbocycles. The van der Waals surface area contributed by atoms with Crippen LogP contribution in [0.4, 0.5) is 0 Å². The van der Waals surface area contributed by atoms with Crippen molar-refractivity contribution >= 4 is 0 Å². The van der Waals surface area contributed by atoms with Gasteiger partial charge in [0.2, 0.25) is 5.89 Å². The van der Waals surface area contributed by atoms with Crippen molar-refractivity contribution in [2.45, 2.75) is 45.2 Å². The first-order chi connectivity index (χ1) is 9.22. The minimum Gasteiger partial charge on any atom is -0.391 e. The molecule has 5 rings (SSSR count). The molecule has 0 spiro atoms. The standard InChI is InChI=1S/C14H21N3O2/c15-6-13-16-17(14(18)19-13)7-12-10-2-8-1-9(4-10)5-11(12)3-8/h8-12H,1-7,15H2. The summed E-state index contributed by atoms with van der Waals surface area (Å²) < 4.78 is 6.54. The van der Waals surface area contributed by atoms with Crippen molar-refractivity contribution in [3.63, 3.8) is 0 Å². The maximum Gasteiger partial charge on any atom is 0.437 e. The number of nitrogens with two attached hydrogens (primary N) is 1. The number of hydrogen-bond acceptors (Lipinski definition) is 4. The summed E-state index contributed by atoms with van der Waals surface area (Å²) in [6.07, 6.45) is 6.94. The molecule has 4 saturated carbocycles. The zero-order valence-corrected chi connectivity index (χ0v) is 11.1. The van der Waals surface area contributed by atoms with E-state index in [1.54, 1.807) is 0 Å². The lowest BCUT2D eigenvalue weighted by molar-refractivity contribution is -0.0448. The van der Waals surface area contributed by atoms with Crippen LogP contribution in [-0.4, -0.2) is 9.78 Å². The molecule has 0 atom stereocenters. The molecule has 19 heavy (non-hydrogen) atoms. The summed E-state index contributed by atoms with van der Waals surface area (Å²) in [6.45, 7) is 0.932. The van der Waals surface area contributed by atoms with Crippen LogP contribution < -0.4 is 11.5 Å². The molecular formula is C14H21N3O2. The fraction of sp³-hybridized carbons (Fsp3) is 0.857. The molecule has 1 aromatic heterocycles. The van der Waals surface area contributed by atoms with Gasteiger partial charge in [0.05, 0.1) is 13.1 Å². The van der Waals surface area contributed by atoms with Gasteiger partial charge in [0.1, 0.15) is 0 Å². The molecule has 0 amide bonds. The van der Waals surface area contributed by atoms with Crippen LogP contribution in [0, 0.1) is 29.6 Å². The van der Waals surface area contributed by atoms with Gasteiger partial charge >= 0.3 is 5.76 Å². The average Bonchev–Trinajstić information content (AvgIpc) is 2.74. The summed E-state index contributed by atoms with van der Waals surface area (Å²) in [4.78, 5) is 11.7. The maximum absolute atomic E-state index is 11.7.